The van der Waals surface area contributed by atoms with E-state index in [2.05, 4.69) is 10.4 Å². The lowest BCUT2D eigenvalue weighted by atomic mass is 10.2. The van der Waals surface area contributed by atoms with E-state index in [4.69, 9.17) is 0 Å². The number of aromatic nitrogens is 3. The molecule has 0 aliphatic heterocycles. The monoisotopic (exact) mass is 364 g/mol. The number of benzene rings is 2. The normalized spacial score (nSPS) is 10.7. The molecule has 0 spiro atoms. The van der Waals surface area contributed by atoms with E-state index in [0.29, 0.717) is 11.5 Å². The van der Waals surface area contributed by atoms with E-state index in [-0.39, 0.29) is 11.3 Å². The molecule has 1 amide bonds. The van der Waals surface area contributed by atoms with E-state index in [9.17, 15) is 13.6 Å². The average molecular weight is 364 g/mol. The lowest BCUT2D eigenvalue weighted by molar-refractivity contribution is 0.102. The van der Waals surface area contributed by atoms with Crippen LogP contribution in [0.15, 0.2) is 79.3 Å². The minimum Gasteiger partial charge on any atom is -0.322 e. The van der Waals surface area contributed by atoms with E-state index in [1.54, 1.807) is 53.4 Å². The van der Waals surface area contributed by atoms with Gasteiger partial charge in [-0.2, -0.15) is 5.10 Å². The summed E-state index contributed by atoms with van der Waals surface area (Å²) in [5, 5.41) is 6.85. The van der Waals surface area contributed by atoms with Gasteiger partial charge in [0.2, 0.25) is 0 Å². The van der Waals surface area contributed by atoms with Crippen molar-refractivity contribution in [2.24, 2.45) is 0 Å². The fourth-order valence-electron chi connectivity index (χ4n) is 2.79. The first-order valence-electron chi connectivity index (χ1n) is 8.16. The van der Waals surface area contributed by atoms with Crippen LogP contribution in [0.5, 0.6) is 0 Å². The Kier molecular flexibility index (Phi) is 4.25. The molecule has 1 N–H and O–H groups in total. The Morgan fingerprint density at radius 3 is 2.48 bits per heavy atom. The van der Waals surface area contributed by atoms with Crippen molar-refractivity contribution in [3.63, 3.8) is 0 Å². The third kappa shape index (κ3) is 3.22. The van der Waals surface area contributed by atoms with Crippen LogP contribution in [0.1, 0.15) is 10.4 Å². The molecular weight excluding hydrogens is 350 g/mol. The van der Waals surface area contributed by atoms with Crippen LogP contribution in [0, 0.1) is 11.6 Å². The van der Waals surface area contributed by atoms with Gasteiger partial charge in [0.05, 0.1) is 6.20 Å². The number of carbonyl (C=O) groups excluding carboxylic acids is 1. The average Bonchev–Trinajstić information content (AvgIpc) is 3.31. The van der Waals surface area contributed by atoms with Crippen LogP contribution in [0.3, 0.4) is 0 Å². The zero-order valence-corrected chi connectivity index (χ0v) is 14.0. The second kappa shape index (κ2) is 6.87. The fourth-order valence-corrected chi connectivity index (χ4v) is 2.79. The molecule has 0 radical (unpaired) electrons. The Bertz CT molecular complexity index is 1100. The van der Waals surface area contributed by atoms with Crippen LogP contribution < -0.4 is 5.32 Å². The maximum Gasteiger partial charge on any atom is 0.261 e. The standard InChI is InChI=1S/C20H14F2N4O/c21-14-6-5-7-15(12-14)24-19(27)16-13-23-26(18-9-2-1-8-17(18)22)20(16)25-10-3-4-11-25/h1-13H,(H,24,27). The molecule has 0 aliphatic carbocycles. The summed E-state index contributed by atoms with van der Waals surface area (Å²) in [6, 6.07) is 15.3. The highest BCUT2D eigenvalue weighted by Crippen LogP contribution is 2.22. The van der Waals surface area contributed by atoms with Crippen molar-refractivity contribution >= 4 is 11.6 Å². The molecule has 0 fully saturated rings. The maximum atomic E-state index is 14.3. The minimum atomic E-state index is -0.480. The van der Waals surface area contributed by atoms with Gasteiger partial charge in [-0.1, -0.05) is 18.2 Å². The Labute approximate surface area is 153 Å². The molecular formula is C20H14F2N4O. The summed E-state index contributed by atoms with van der Waals surface area (Å²) in [7, 11) is 0. The van der Waals surface area contributed by atoms with Crippen molar-refractivity contribution in [2.45, 2.75) is 0 Å². The van der Waals surface area contributed by atoms with Crippen molar-refractivity contribution in [1.82, 2.24) is 14.3 Å². The molecule has 2 aromatic heterocycles. The van der Waals surface area contributed by atoms with Gasteiger partial charge in [0.15, 0.2) is 5.82 Å². The molecule has 0 unspecified atom stereocenters. The number of nitrogens with one attached hydrogen (secondary N) is 1. The van der Waals surface area contributed by atoms with Crippen molar-refractivity contribution in [1.29, 1.82) is 0 Å². The van der Waals surface area contributed by atoms with Crippen LogP contribution in [-0.2, 0) is 0 Å². The van der Waals surface area contributed by atoms with Crippen LogP contribution in [-0.4, -0.2) is 20.3 Å². The number of para-hydroxylation sites is 1. The molecule has 0 aliphatic rings. The Morgan fingerprint density at radius 2 is 1.74 bits per heavy atom. The van der Waals surface area contributed by atoms with Gasteiger partial charge in [-0.3, -0.25) is 4.79 Å². The quantitative estimate of drug-likeness (QED) is 0.590. The van der Waals surface area contributed by atoms with Gasteiger partial charge < -0.3 is 9.88 Å². The van der Waals surface area contributed by atoms with Crippen molar-refractivity contribution in [3.8, 4) is 11.5 Å². The van der Waals surface area contributed by atoms with Gasteiger partial charge in [0.1, 0.15) is 22.9 Å². The summed E-state index contributed by atoms with van der Waals surface area (Å²) in [6.45, 7) is 0. The Morgan fingerprint density at radius 1 is 0.963 bits per heavy atom. The Balaban J connectivity index is 1.80. The summed E-state index contributed by atoms with van der Waals surface area (Å²) in [4.78, 5) is 12.8. The van der Waals surface area contributed by atoms with Crippen LogP contribution in [0.4, 0.5) is 14.5 Å². The number of rotatable bonds is 4. The zero-order chi connectivity index (χ0) is 18.8. The van der Waals surface area contributed by atoms with Gasteiger partial charge in [-0.25, -0.2) is 13.5 Å². The highest BCUT2D eigenvalue weighted by Gasteiger charge is 2.21. The van der Waals surface area contributed by atoms with Gasteiger partial charge in [0, 0.05) is 18.1 Å². The maximum absolute atomic E-state index is 14.3. The number of hydrogen-bond donors (Lipinski definition) is 1. The minimum absolute atomic E-state index is 0.214. The number of halogens is 2. The summed E-state index contributed by atoms with van der Waals surface area (Å²) in [5.74, 6) is -1.03. The molecule has 27 heavy (non-hydrogen) atoms. The summed E-state index contributed by atoms with van der Waals surface area (Å²) >= 11 is 0. The molecule has 4 rings (SSSR count). The third-order valence-corrected chi connectivity index (χ3v) is 4.00. The van der Waals surface area contributed by atoms with Crippen LogP contribution >= 0.6 is 0 Å². The summed E-state index contributed by atoms with van der Waals surface area (Å²) in [5.41, 5.74) is 0.752. The van der Waals surface area contributed by atoms with E-state index >= 15 is 0 Å². The molecule has 5 nitrogen and oxygen atoms in total. The number of amides is 1. The molecule has 4 aromatic rings. The first-order chi connectivity index (χ1) is 13.1. The molecule has 0 saturated heterocycles. The smallest absolute Gasteiger partial charge is 0.261 e. The largest absolute Gasteiger partial charge is 0.322 e. The highest BCUT2D eigenvalue weighted by molar-refractivity contribution is 6.06. The second-order valence-electron chi connectivity index (χ2n) is 5.80. The van der Waals surface area contributed by atoms with Gasteiger partial charge in [-0.05, 0) is 42.5 Å². The fraction of sp³-hybridized carbons (Fsp3) is 0. The van der Waals surface area contributed by atoms with Crippen LogP contribution in [0.25, 0.3) is 11.5 Å². The first kappa shape index (κ1) is 16.7. The van der Waals surface area contributed by atoms with Crippen LogP contribution in [0.2, 0.25) is 0 Å². The molecule has 0 saturated carbocycles. The zero-order valence-electron chi connectivity index (χ0n) is 14.0. The number of hydrogen-bond acceptors (Lipinski definition) is 2. The Hall–Kier alpha value is -3.74. The molecule has 0 bridgehead atoms. The number of nitrogens with zero attached hydrogens (tertiary/aromatic N) is 3. The van der Waals surface area contributed by atoms with E-state index in [0.717, 1.165) is 0 Å². The SMILES string of the molecule is O=C(Nc1cccc(F)c1)c1cnn(-c2ccccc2F)c1-n1cccc1. The molecule has 0 atom stereocenters. The van der Waals surface area contributed by atoms with Gasteiger partial charge in [0.25, 0.3) is 5.91 Å². The summed E-state index contributed by atoms with van der Waals surface area (Å²) < 4.78 is 30.7. The summed E-state index contributed by atoms with van der Waals surface area (Å²) in [6.07, 6.45) is 4.82. The lowest BCUT2D eigenvalue weighted by Gasteiger charge is -2.12. The second-order valence-corrected chi connectivity index (χ2v) is 5.80. The lowest BCUT2D eigenvalue weighted by Crippen LogP contribution is -2.15. The first-order valence-corrected chi connectivity index (χ1v) is 8.16. The predicted molar refractivity (Wildman–Crippen MR) is 97.2 cm³/mol. The molecule has 7 heteroatoms. The van der Waals surface area contributed by atoms with Gasteiger partial charge in [-0.15, -0.1) is 0 Å². The third-order valence-electron chi connectivity index (χ3n) is 4.00. The molecule has 134 valence electrons. The van der Waals surface area contributed by atoms with Crippen molar-refractivity contribution in [3.05, 3.63) is 96.5 Å². The molecule has 2 heterocycles. The van der Waals surface area contributed by atoms with Crippen molar-refractivity contribution < 1.29 is 13.6 Å². The highest BCUT2D eigenvalue weighted by atomic mass is 19.1. The van der Waals surface area contributed by atoms with E-state index in [1.807, 2.05) is 0 Å². The predicted octanol–water partition coefficient (Wildman–Crippen LogP) is 4.19. The molecule has 2 aromatic carbocycles. The van der Waals surface area contributed by atoms with Crippen molar-refractivity contribution in [2.75, 3.05) is 5.32 Å². The number of anilines is 1. The van der Waals surface area contributed by atoms with E-state index in [1.165, 1.54) is 35.1 Å². The number of carbonyl (C=O) groups is 1. The van der Waals surface area contributed by atoms with Gasteiger partial charge >= 0.3 is 0 Å². The topological polar surface area (TPSA) is 51.9 Å². The van der Waals surface area contributed by atoms with E-state index < -0.39 is 17.5 Å².